The number of hydrogen-bond donors (Lipinski definition) is 0. The molecule has 0 amide bonds. The molecule has 0 radical (unpaired) electrons. The first-order valence-corrected chi connectivity index (χ1v) is 26.0. The highest BCUT2D eigenvalue weighted by Crippen LogP contribution is 2.69. The van der Waals surface area contributed by atoms with E-state index in [1.165, 1.54) is 28.4 Å². The molecule has 4 aliphatic rings. The van der Waals surface area contributed by atoms with E-state index in [9.17, 15) is 19.2 Å². The Labute approximate surface area is 449 Å². The third-order valence-corrected chi connectivity index (χ3v) is 17.8. The van der Waals surface area contributed by atoms with Crippen LogP contribution >= 0.6 is 31.9 Å². The fraction of sp³-hybridized carbons (Fsp3) is 0.333. The average molecular weight is 1130 g/mol. The highest BCUT2D eigenvalue weighted by Gasteiger charge is 2.75. The fourth-order valence-corrected chi connectivity index (χ4v) is 14.7. The second kappa shape index (κ2) is 20.6. The standard InChI is InChI=1S/2C30H30BrNO5/c2*1-29-22-11-8-12-24(31)25(22)32(18-19-9-6-5-7-10-19)26(29)30(27(33)36-3,28(34)37-4)17-23(29)20-13-15-21(35-2)16-14-20/h2*5-16,23,26H,17-18H2,1-4H3/t2*23-,26+,29+/m00/s1. The van der Waals surface area contributed by atoms with Gasteiger partial charge in [0.05, 0.1) is 66.1 Å². The molecule has 6 aromatic rings. The average Bonchev–Trinajstić information content (AvgIpc) is 4.07. The molecule has 10 rings (SSSR count). The summed E-state index contributed by atoms with van der Waals surface area (Å²) in [6, 6.07) is 47.1. The lowest BCUT2D eigenvalue weighted by atomic mass is 9.69. The number of anilines is 2. The Morgan fingerprint density at radius 1 is 0.459 bits per heavy atom. The van der Waals surface area contributed by atoms with Crippen LogP contribution in [0, 0.1) is 10.8 Å². The Morgan fingerprint density at radius 2 is 0.784 bits per heavy atom. The quantitative estimate of drug-likeness (QED) is 0.0657. The number of esters is 4. The molecule has 6 atom stereocenters. The number of para-hydroxylation sites is 2. The van der Waals surface area contributed by atoms with Crippen molar-refractivity contribution in [2.75, 3.05) is 52.5 Å². The van der Waals surface area contributed by atoms with E-state index in [2.05, 4.69) is 91.9 Å². The van der Waals surface area contributed by atoms with Crippen LogP contribution in [0.1, 0.15) is 71.9 Å². The van der Waals surface area contributed by atoms with E-state index in [0.29, 0.717) is 13.1 Å². The first kappa shape index (κ1) is 52.2. The maximum atomic E-state index is 13.8. The molecule has 14 heteroatoms. The van der Waals surface area contributed by atoms with Crippen molar-refractivity contribution in [2.24, 2.45) is 10.8 Å². The Hall–Kier alpha value is -6.64. The Kier molecular flexibility index (Phi) is 14.5. The highest BCUT2D eigenvalue weighted by molar-refractivity contribution is 9.11. The van der Waals surface area contributed by atoms with Crippen LogP contribution in [0.15, 0.2) is 155 Å². The van der Waals surface area contributed by atoms with E-state index < -0.39 is 57.6 Å². The van der Waals surface area contributed by atoms with Crippen LogP contribution in [0.3, 0.4) is 0 Å². The number of carbonyl (C=O) groups is 4. The van der Waals surface area contributed by atoms with Gasteiger partial charge in [-0.15, -0.1) is 0 Å². The van der Waals surface area contributed by atoms with Gasteiger partial charge in [-0.3, -0.25) is 19.2 Å². The normalized spacial score (nSPS) is 23.2. The maximum absolute atomic E-state index is 13.8. The summed E-state index contributed by atoms with van der Waals surface area (Å²) < 4.78 is 34.1. The van der Waals surface area contributed by atoms with Crippen LogP contribution in [0.4, 0.5) is 11.4 Å². The summed E-state index contributed by atoms with van der Waals surface area (Å²) in [5, 5.41) is 0. The minimum atomic E-state index is -1.53. The molecule has 6 aromatic carbocycles. The van der Waals surface area contributed by atoms with E-state index in [1.807, 2.05) is 109 Å². The van der Waals surface area contributed by atoms with E-state index in [4.69, 9.17) is 28.4 Å². The van der Waals surface area contributed by atoms with Crippen molar-refractivity contribution < 1.29 is 47.6 Å². The summed E-state index contributed by atoms with van der Waals surface area (Å²) in [5.74, 6) is -1.15. The van der Waals surface area contributed by atoms with Gasteiger partial charge in [-0.25, -0.2) is 0 Å². The van der Waals surface area contributed by atoms with Crippen molar-refractivity contribution in [2.45, 2.75) is 74.5 Å². The molecule has 2 heterocycles. The van der Waals surface area contributed by atoms with E-state index >= 15 is 0 Å². The molecule has 12 nitrogen and oxygen atoms in total. The topological polar surface area (TPSA) is 130 Å². The first-order valence-electron chi connectivity index (χ1n) is 24.5. The second-order valence-corrected chi connectivity index (χ2v) is 21.5. The highest BCUT2D eigenvalue weighted by atomic mass is 79.9. The predicted octanol–water partition coefficient (Wildman–Crippen LogP) is 11.2. The number of methoxy groups -OCH3 is 6. The number of halogens is 2. The number of carbonyl (C=O) groups excluding carboxylic acids is 4. The van der Waals surface area contributed by atoms with E-state index in [1.54, 1.807) is 14.2 Å². The summed E-state index contributed by atoms with van der Waals surface area (Å²) in [6.07, 6.45) is 0.522. The largest absolute Gasteiger partial charge is 0.497 e. The number of nitrogens with zero attached hydrogens (tertiary/aromatic N) is 2. The monoisotopic (exact) mass is 1130 g/mol. The molecule has 0 spiro atoms. The molecule has 2 fully saturated rings. The van der Waals surface area contributed by atoms with Gasteiger partial charge in [0.2, 0.25) is 0 Å². The molecule has 0 saturated heterocycles. The van der Waals surface area contributed by atoms with Gasteiger partial charge in [0, 0.05) is 32.9 Å². The minimum Gasteiger partial charge on any atom is -0.497 e. The summed E-state index contributed by atoms with van der Waals surface area (Å²) in [7, 11) is 8.62. The van der Waals surface area contributed by atoms with Crippen molar-refractivity contribution in [3.63, 3.8) is 0 Å². The third kappa shape index (κ3) is 8.05. The summed E-state index contributed by atoms with van der Waals surface area (Å²) in [5.41, 5.74) is 4.04. The molecule has 2 aliphatic heterocycles. The molecule has 74 heavy (non-hydrogen) atoms. The number of rotatable bonds is 12. The van der Waals surface area contributed by atoms with E-state index in [-0.39, 0.29) is 24.7 Å². The van der Waals surface area contributed by atoms with E-state index in [0.717, 1.165) is 65.2 Å². The van der Waals surface area contributed by atoms with Crippen molar-refractivity contribution in [3.8, 4) is 11.5 Å². The number of ether oxygens (including phenoxy) is 6. The van der Waals surface area contributed by atoms with Crippen LogP contribution in [-0.2, 0) is 62.0 Å². The Bertz CT molecular complexity index is 2830. The lowest BCUT2D eigenvalue weighted by Crippen LogP contribution is -2.57. The Balaban J connectivity index is 0.000000182. The summed E-state index contributed by atoms with van der Waals surface area (Å²) in [4.78, 5) is 59.4. The predicted molar refractivity (Wildman–Crippen MR) is 289 cm³/mol. The molecule has 0 bridgehead atoms. The molecular formula is C60H60Br2N2O10. The third-order valence-electron chi connectivity index (χ3n) is 16.5. The zero-order valence-electron chi connectivity index (χ0n) is 42.7. The first-order chi connectivity index (χ1) is 35.6. The van der Waals surface area contributed by atoms with Gasteiger partial charge >= 0.3 is 23.9 Å². The fourth-order valence-electron chi connectivity index (χ4n) is 13.5. The summed E-state index contributed by atoms with van der Waals surface area (Å²) in [6.45, 7) is 5.36. The zero-order valence-corrected chi connectivity index (χ0v) is 45.9. The van der Waals surface area contributed by atoms with Gasteiger partial charge in [-0.1, -0.05) is 123 Å². The SMILES string of the molecule is COC(=O)C1(C(=O)OC)C[C@@H](c2ccc(OC)cc2)[C@@]2(C)c3cccc(Br)c3N(Cc3ccccc3)[C@@H]12.COC(=O)C1(C(=O)OC)C[C@@H](c2ccc(OC)cc2)[C@@]2(C)c3cccc(Br)c3N(Cc3ccccc3)[C@@H]12. The lowest BCUT2D eigenvalue weighted by molar-refractivity contribution is -0.171. The molecule has 0 unspecified atom stereocenters. The van der Waals surface area contributed by atoms with Gasteiger partial charge in [0.25, 0.3) is 0 Å². The molecular weight excluding hydrogens is 1070 g/mol. The van der Waals surface area contributed by atoms with Crippen molar-refractivity contribution >= 4 is 67.1 Å². The number of fused-ring (bicyclic) bond motifs is 6. The Morgan fingerprint density at radius 3 is 1.08 bits per heavy atom. The van der Waals surface area contributed by atoms with Crippen LogP contribution < -0.4 is 19.3 Å². The van der Waals surface area contributed by atoms with Gasteiger partial charge in [0.15, 0.2) is 10.8 Å². The van der Waals surface area contributed by atoms with Crippen LogP contribution in [0.2, 0.25) is 0 Å². The molecule has 2 aliphatic carbocycles. The summed E-state index contributed by atoms with van der Waals surface area (Å²) >= 11 is 7.57. The molecule has 0 N–H and O–H groups in total. The molecule has 0 aromatic heterocycles. The van der Waals surface area contributed by atoms with Gasteiger partial charge in [-0.05, 0) is 126 Å². The van der Waals surface area contributed by atoms with Gasteiger partial charge in [-0.2, -0.15) is 0 Å². The zero-order chi connectivity index (χ0) is 52.7. The van der Waals surface area contributed by atoms with Crippen molar-refractivity contribution in [1.82, 2.24) is 0 Å². The van der Waals surface area contributed by atoms with Crippen molar-refractivity contribution in [3.05, 3.63) is 188 Å². The minimum absolute atomic E-state index is 0.171. The second-order valence-electron chi connectivity index (χ2n) is 19.8. The van der Waals surface area contributed by atoms with Crippen LogP contribution in [-0.4, -0.2) is 78.6 Å². The maximum Gasteiger partial charge on any atom is 0.325 e. The lowest BCUT2D eigenvalue weighted by Gasteiger charge is -2.40. The number of benzene rings is 6. The smallest absolute Gasteiger partial charge is 0.325 e. The van der Waals surface area contributed by atoms with Crippen molar-refractivity contribution in [1.29, 1.82) is 0 Å². The number of hydrogen-bond acceptors (Lipinski definition) is 12. The molecule has 2 saturated carbocycles. The van der Waals surface area contributed by atoms with Gasteiger partial charge < -0.3 is 38.2 Å². The van der Waals surface area contributed by atoms with Crippen LogP contribution in [0.5, 0.6) is 11.5 Å². The molecule has 384 valence electrons. The van der Waals surface area contributed by atoms with Gasteiger partial charge in [0.1, 0.15) is 11.5 Å². The van der Waals surface area contributed by atoms with Crippen LogP contribution in [0.25, 0.3) is 0 Å².